The summed E-state index contributed by atoms with van der Waals surface area (Å²) in [6, 6.07) is -0.394. The molecule has 0 heterocycles. The lowest BCUT2D eigenvalue weighted by molar-refractivity contribution is 0.550. The van der Waals surface area contributed by atoms with E-state index in [-0.39, 0.29) is 10.9 Å². The van der Waals surface area contributed by atoms with Gasteiger partial charge < -0.3 is 5.73 Å². The van der Waals surface area contributed by atoms with Crippen LogP contribution in [0.5, 0.6) is 0 Å². The van der Waals surface area contributed by atoms with E-state index in [1.165, 1.54) is 0 Å². The molecule has 4 N–H and O–H groups in total. The molecule has 1 saturated carbocycles. The van der Waals surface area contributed by atoms with Crippen molar-refractivity contribution in [2.24, 2.45) is 11.7 Å². The zero-order valence-electron chi connectivity index (χ0n) is 8.69. The molecule has 0 aromatic heterocycles. The molecule has 1 rings (SSSR count). The summed E-state index contributed by atoms with van der Waals surface area (Å²) >= 11 is 4.84. The van der Waals surface area contributed by atoms with Crippen LogP contribution in [0.15, 0.2) is 0 Å². The van der Waals surface area contributed by atoms with E-state index in [1.54, 1.807) is 0 Å². The Hall–Kier alpha value is -0.240. The van der Waals surface area contributed by atoms with Crippen molar-refractivity contribution in [3.05, 3.63) is 0 Å². The second kappa shape index (κ2) is 5.20. The van der Waals surface area contributed by atoms with Gasteiger partial charge in [0.1, 0.15) is 0 Å². The van der Waals surface area contributed by atoms with Gasteiger partial charge in [-0.1, -0.05) is 19.1 Å². The molecule has 0 saturated heterocycles. The molecule has 0 aromatic rings. The minimum Gasteiger partial charge on any atom is -0.392 e. The van der Waals surface area contributed by atoms with Crippen LogP contribution in [0.3, 0.4) is 0 Å². The molecular formula is C8H17N3O2S2. The van der Waals surface area contributed by atoms with Crippen LogP contribution < -0.4 is 15.2 Å². The van der Waals surface area contributed by atoms with Gasteiger partial charge in [0, 0.05) is 6.54 Å². The molecule has 15 heavy (non-hydrogen) atoms. The van der Waals surface area contributed by atoms with Crippen LogP contribution in [0.2, 0.25) is 0 Å². The molecular weight excluding hydrogens is 234 g/mol. The predicted octanol–water partition coefficient (Wildman–Crippen LogP) is -0.115. The summed E-state index contributed by atoms with van der Waals surface area (Å²) in [7, 11) is -3.46. The maximum atomic E-state index is 11.5. The van der Waals surface area contributed by atoms with E-state index >= 15 is 0 Å². The van der Waals surface area contributed by atoms with Crippen molar-refractivity contribution in [1.82, 2.24) is 9.44 Å². The maximum Gasteiger partial charge on any atom is 0.277 e. The molecule has 1 unspecified atom stereocenters. The zero-order valence-corrected chi connectivity index (χ0v) is 10.3. The zero-order chi connectivity index (χ0) is 11.5. The highest BCUT2D eigenvalue weighted by Gasteiger charge is 2.35. The topological polar surface area (TPSA) is 84.2 Å². The summed E-state index contributed by atoms with van der Waals surface area (Å²) < 4.78 is 27.9. The van der Waals surface area contributed by atoms with Gasteiger partial charge in [0.2, 0.25) is 0 Å². The highest BCUT2D eigenvalue weighted by Crippen LogP contribution is 2.32. The summed E-state index contributed by atoms with van der Waals surface area (Å²) in [4.78, 5) is 0.222. The van der Waals surface area contributed by atoms with E-state index in [0.717, 1.165) is 19.3 Å². The Morgan fingerprint density at radius 3 is 2.60 bits per heavy atom. The van der Waals surface area contributed by atoms with Crippen LogP contribution in [0.4, 0.5) is 0 Å². The van der Waals surface area contributed by atoms with Gasteiger partial charge in [0.25, 0.3) is 10.2 Å². The van der Waals surface area contributed by atoms with E-state index in [0.29, 0.717) is 6.54 Å². The third-order valence-corrected chi connectivity index (χ3v) is 3.63. The Kier molecular flexibility index (Phi) is 4.45. The number of hydrogen-bond acceptors (Lipinski definition) is 3. The number of nitrogens with two attached hydrogens (primary N) is 1. The van der Waals surface area contributed by atoms with Gasteiger partial charge >= 0.3 is 0 Å². The van der Waals surface area contributed by atoms with Gasteiger partial charge in [-0.2, -0.15) is 13.1 Å². The lowest BCUT2D eigenvalue weighted by Gasteiger charge is -2.16. The van der Waals surface area contributed by atoms with Crippen molar-refractivity contribution in [1.29, 1.82) is 0 Å². The highest BCUT2D eigenvalue weighted by atomic mass is 32.2. The van der Waals surface area contributed by atoms with Crippen molar-refractivity contribution in [2.45, 2.75) is 32.2 Å². The lowest BCUT2D eigenvalue weighted by atomic mass is 10.2. The van der Waals surface area contributed by atoms with Gasteiger partial charge in [-0.05, 0) is 25.2 Å². The van der Waals surface area contributed by atoms with Crippen molar-refractivity contribution < 1.29 is 8.42 Å². The Morgan fingerprint density at radius 1 is 1.60 bits per heavy atom. The molecule has 0 radical (unpaired) electrons. The number of rotatable bonds is 7. The van der Waals surface area contributed by atoms with Crippen molar-refractivity contribution >= 4 is 27.4 Å². The normalized spacial score (nSPS) is 18.7. The summed E-state index contributed by atoms with van der Waals surface area (Å²) in [5.41, 5.74) is 5.49. The van der Waals surface area contributed by atoms with E-state index < -0.39 is 16.3 Å². The number of thiocarbonyl (C=S) groups is 1. The molecule has 0 aromatic carbocycles. The molecule has 0 amide bonds. The Bertz CT molecular complexity index is 325. The monoisotopic (exact) mass is 251 g/mol. The quantitative estimate of drug-likeness (QED) is 0.551. The first-order chi connectivity index (χ1) is 6.96. The first-order valence-corrected chi connectivity index (χ1v) is 6.91. The first kappa shape index (κ1) is 12.8. The first-order valence-electron chi connectivity index (χ1n) is 5.02. The SMILES string of the molecule is CCCNS(=O)(=O)NC(C(N)=S)C1CC1. The third-order valence-electron chi connectivity index (χ3n) is 2.22. The number of hydrogen-bond donors (Lipinski definition) is 3. The van der Waals surface area contributed by atoms with E-state index in [4.69, 9.17) is 18.0 Å². The second-order valence-corrected chi connectivity index (χ2v) is 5.74. The fourth-order valence-electron chi connectivity index (χ4n) is 1.26. The van der Waals surface area contributed by atoms with Gasteiger partial charge in [-0.15, -0.1) is 0 Å². The van der Waals surface area contributed by atoms with Crippen LogP contribution in [0.1, 0.15) is 26.2 Å². The van der Waals surface area contributed by atoms with E-state index in [9.17, 15) is 8.42 Å². The summed E-state index contributed by atoms with van der Waals surface area (Å²) in [6.07, 6.45) is 2.72. The van der Waals surface area contributed by atoms with Crippen molar-refractivity contribution in [3.63, 3.8) is 0 Å². The minimum atomic E-state index is -3.46. The molecule has 0 aliphatic heterocycles. The second-order valence-electron chi connectivity index (χ2n) is 3.73. The molecule has 88 valence electrons. The van der Waals surface area contributed by atoms with Crippen LogP contribution in [-0.4, -0.2) is 26.0 Å². The predicted molar refractivity (Wildman–Crippen MR) is 63.6 cm³/mol. The maximum absolute atomic E-state index is 11.5. The minimum absolute atomic E-state index is 0.222. The van der Waals surface area contributed by atoms with Crippen molar-refractivity contribution in [2.75, 3.05) is 6.54 Å². The van der Waals surface area contributed by atoms with Crippen LogP contribution in [0, 0.1) is 5.92 Å². The summed E-state index contributed by atoms with van der Waals surface area (Å²) in [5, 5.41) is 0. The Labute approximate surface area is 96.0 Å². The largest absolute Gasteiger partial charge is 0.392 e. The van der Waals surface area contributed by atoms with Crippen molar-refractivity contribution in [3.8, 4) is 0 Å². The Morgan fingerprint density at radius 2 is 2.20 bits per heavy atom. The summed E-state index contributed by atoms with van der Waals surface area (Å²) in [6.45, 7) is 2.32. The van der Waals surface area contributed by atoms with Crippen LogP contribution in [-0.2, 0) is 10.2 Å². The molecule has 5 nitrogen and oxygen atoms in total. The molecule has 1 fully saturated rings. The average molecular weight is 251 g/mol. The van der Waals surface area contributed by atoms with Gasteiger partial charge in [-0.3, -0.25) is 0 Å². The molecule has 1 aliphatic carbocycles. The van der Waals surface area contributed by atoms with Crippen LogP contribution >= 0.6 is 12.2 Å². The smallest absolute Gasteiger partial charge is 0.277 e. The standard InChI is InChI=1S/C8H17N3O2S2/c1-2-5-10-15(12,13)11-7(8(9)14)6-3-4-6/h6-7,10-11H,2-5H2,1H3,(H2,9,14). The van der Waals surface area contributed by atoms with Gasteiger partial charge in [-0.25, -0.2) is 4.72 Å². The molecule has 7 heteroatoms. The van der Waals surface area contributed by atoms with E-state index in [2.05, 4.69) is 9.44 Å². The van der Waals surface area contributed by atoms with E-state index in [1.807, 2.05) is 6.92 Å². The lowest BCUT2D eigenvalue weighted by Crippen LogP contribution is -2.49. The third kappa shape index (κ3) is 4.42. The molecule has 1 aliphatic rings. The summed E-state index contributed by atoms with van der Waals surface area (Å²) in [5.74, 6) is 0.278. The fraction of sp³-hybridized carbons (Fsp3) is 0.875. The van der Waals surface area contributed by atoms with Gasteiger partial charge in [0.15, 0.2) is 0 Å². The van der Waals surface area contributed by atoms with Gasteiger partial charge in [0.05, 0.1) is 11.0 Å². The molecule has 0 bridgehead atoms. The highest BCUT2D eigenvalue weighted by molar-refractivity contribution is 7.87. The Balaban J connectivity index is 2.53. The number of nitrogens with one attached hydrogen (secondary N) is 2. The molecule has 0 spiro atoms. The average Bonchev–Trinajstić information content (AvgIpc) is 2.94. The molecule has 1 atom stereocenters. The fourth-order valence-corrected chi connectivity index (χ4v) is 2.80. The van der Waals surface area contributed by atoms with Crippen LogP contribution in [0.25, 0.3) is 0 Å².